The highest BCUT2D eigenvalue weighted by atomic mass is 32.2. The van der Waals surface area contributed by atoms with Gasteiger partial charge in [0.15, 0.2) is 9.84 Å². The summed E-state index contributed by atoms with van der Waals surface area (Å²) in [5.74, 6) is -0.227. The largest absolute Gasteiger partial charge is 0.365 e. The fourth-order valence-electron chi connectivity index (χ4n) is 2.04. The molecule has 0 spiro atoms. The fraction of sp³-hybridized carbons (Fsp3) is 0.214. The van der Waals surface area contributed by atoms with Crippen LogP contribution in [0.4, 0.5) is 5.69 Å². The summed E-state index contributed by atoms with van der Waals surface area (Å²) >= 11 is 0. The first-order valence-electron chi connectivity index (χ1n) is 6.05. The van der Waals surface area contributed by atoms with Gasteiger partial charge in [0.25, 0.3) is 5.91 Å². The van der Waals surface area contributed by atoms with E-state index in [1.807, 2.05) is 6.92 Å². The monoisotopic (exact) mass is 292 g/mol. The summed E-state index contributed by atoms with van der Waals surface area (Å²) in [7, 11) is -3.25. The van der Waals surface area contributed by atoms with Gasteiger partial charge in [-0.15, -0.1) is 0 Å². The maximum atomic E-state index is 12.0. The number of benzene rings is 1. The number of aryl methyl sites for hydroxylation is 2. The second-order valence-electron chi connectivity index (χ2n) is 4.72. The molecule has 20 heavy (non-hydrogen) atoms. The SMILES string of the molecule is Cc1cc(NC(=O)c2cc[nH]c2C)ccc1S(C)(=O)=O. The molecule has 0 saturated carbocycles. The molecule has 0 atom stereocenters. The van der Waals surface area contributed by atoms with Crippen LogP contribution in [0.15, 0.2) is 35.4 Å². The van der Waals surface area contributed by atoms with Crippen molar-refractivity contribution in [2.75, 3.05) is 11.6 Å². The van der Waals surface area contributed by atoms with Gasteiger partial charge in [-0.3, -0.25) is 4.79 Å². The molecule has 1 aromatic heterocycles. The van der Waals surface area contributed by atoms with Crippen molar-refractivity contribution in [1.82, 2.24) is 4.98 Å². The number of carbonyl (C=O) groups excluding carboxylic acids is 1. The number of aromatic amines is 1. The van der Waals surface area contributed by atoms with E-state index in [2.05, 4.69) is 10.3 Å². The first kappa shape index (κ1) is 14.3. The third-order valence-electron chi connectivity index (χ3n) is 3.03. The Bertz CT molecular complexity index is 760. The van der Waals surface area contributed by atoms with E-state index < -0.39 is 9.84 Å². The minimum atomic E-state index is -3.25. The molecule has 0 aliphatic carbocycles. The van der Waals surface area contributed by atoms with E-state index >= 15 is 0 Å². The average molecular weight is 292 g/mol. The van der Waals surface area contributed by atoms with Crippen LogP contribution in [0.3, 0.4) is 0 Å². The van der Waals surface area contributed by atoms with Gasteiger partial charge in [0.1, 0.15) is 0 Å². The zero-order valence-corrected chi connectivity index (χ0v) is 12.3. The Labute approximate surface area is 117 Å². The Kier molecular flexibility index (Phi) is 3.67. The molecule has 6 heteroatoms. The highest BCUT2D eigenvalue weighted by Gasteiger charge is 2.13. The number of hydrogen-bond donors (Lipinski definition) is 2. The molecule has 2 aromatic rings. The van der Waals surface area contributed by atoms with Crippen molar-refractivity contribution in [3.8, 4) is 0 Å². The Morgan fingerprint density at radius 3 is 2.40 bits per heavy atom. The molecular formula is C14H16N2O3S. The van der Waals surface area contributed by atoms with Gasteiger partial charge in [0, 0.05) is 23.8 Å². The predicted molar refractivity (Wildman–Crippen MR) is 77.8 cm³/mol. The molecule has 0 aliphatic heterocycles. The summed E-state index contributed by atoms with van der Waals surface area (Å²) in [5, 5.41) is 2.75. The van der Waals surface area contributed by atoms with Crippen LogP contribution in [0.25, 0.3) is 0 Å². The summed E-state index contributed by atoms with van der Waals surface area (Å²) in [6.07, 6.45) is 2.86. The lowest BCUT2D eigenvalue weighted by Crippen LogP contribution is -2.12. The highest BCUT2D eigenvalue weighted by Crippen LogP contribution is 2.20. The number of amides is 1. The normalized spacial score (nSPS) is 11.3. The van der Waals surface area contributed by atoms with Crippen LogP contribution < -0.4 is 5.32 Å². The van der Waals surface area contributed by atoms with Crippen LogP contribution in [0.1, 0.15) is 21.6 Å². The summed E-state index contributed by atoms with van der Waals surface area (Å²) in [6.45, 7) is 3.51. The summed E-state index contributed by atoms with van der Waals surface area (Å²) in [4.78, 5) is 15.2. The first-order valence-corrected chi connectivity index (χ1v) is 7.94. The topological polar surface area (TPSA) is 79.0 Å². The first-order chi connectivity index (χ1) is 9.29. The van der Waals surface area contributed by atoms with Gasteiger partial charge in [-0.2, -0.15) is 0 Å². The van der Waals surface area contributed by atoms with E-state index in [-0.39, 0.29) is 10.8 Å². The van der Waals surface area contributed by atoms with E-state index in [9.17, 15) is 13.2 Å². The Balaban J connectivity index is 2.26. The van der Waals surface area contributed by atoms with Crippen LogP contribution in [-0.4, -0.2) is 25.6 Å². The third kappa shape index (κ3) is 2.91. The van der Waals surface area contributed by atoms with Gasteiger partial charge >= 0.3 is 0 Å². The van der Waals surface area contributed by atoms with E-state index in [0.717, 1.165) is 11.9 Å². The number of carbonyl (C=O) groups is 1. The molecule has 0 unspecified atom stereocenters. The van der Waals surface area contributed by atoms with Gasteiger partial charge in [-0.1, -0.05) is 0 Å². The van der Waals surface area contributed by atoms with Crippen molar-refractivity contribution in [1.29, 1.82) is 0 Å². The van der Waals surface area contributed by atoms with Crippen molar-refractivity contribution in [3.05, 3.63) is 47.3 Å². The molecule has 0 fully saturated rings. The molecule has 2 N–H and O–H groups in total. The zero-order chi connectivity index (χ0) is 14.9. The molecule has 0 bridgehead atoms. The van der Waals surface area contributed by atoms with Crippen LogP contribution in [0.2, 0.25) is 0 Å². The lowest BCUT2D eigenvalue weighted by Gasteiger charge is -2.08. The van der Waals surface area contributed by atoms with Crippen molar-refractivity contribution < 1.29 is 13.2 Å². The van der Waals surface area contributed by atoms with E-state index in [4.69, 9.17) is 0 Å². The molecule has 106 valence electrons. The standard InChI is InChI=1S/C14H16N2O3S/c1-9-8-11(4-5-13(9)20(3,18)19)16-14(17)12-6-7-15-10(12)2/h4-8,15H,1-3H3,(H,16,17). The van der Waals surface area contributed by atoms with Gasteiger partial charge < -0.3 is 10.3 Å². The Morgan fingerprint density at radius 2 is 1.90 bits per heavy atom. The molecule has 0 aliphatic rings. The average Bonchev–Trinajstić information content (AvgIpc) is 2.73. The Hall–Kier alpha value is -2.08. The van der Waals surface area contributed by atoms with Gasteiger partial charge in [-0.25, -0.2) is 8.42 Å². The number of sulfone groups is 1. The maximum absolute atomic E-state index is 12.0. The number of H-pyrrole nitrogens is 1. The zero-order valence-electron chi connectivity index (χ0n) is 11.5. The molecule has 2 rings (SSSR count). The molecular weight excluding hydrogens is 276 g/mol. The number of rotatable bonds is 3. The molecule has 1 heterocycles. The van der Waals surface area contributed by atoms with Crippen LogP contribution in [-0.2, 0) is 9.84 Å². The molecule has 0 saturated heterocycles. The van der Waals surface area contributed by atoms with Crippen molar-refractivity contribution >= 4 is 21.4 Å². The van der Waals surface area contributed by atoms with Crippen LogP contribution in [0.5, 0.6) is 0 Å². The highest BCUT2D eigenvalue weighted by molar-refractivity contribution is 7.90. The molecule has 1 amide bonds. The van der Waals surface area contributed by atoms with Crippen molar-refractivity contribution in [3.63, 3.8) is 0 Å². The molecule has 1 aromatic carbocycles. The lowest BCUT2D eigenvalue weighted by molar-refractivity contribution is 0.102. The molecule has 5 nitrogen and oxygen atoms in total. The Morgan fingerprint density at radius 1 is 1.20 bits per heavy atom. The van der Waals surface area contributed by atoms with E-state index in [1.54, 1.807) is 31.3 Å². The number of anilines is 1. The minimum Gasteiger partial charge on any atom is -0.365 e. The second kappa shape index (κ2) is 5.13. The summed E-state index contributed by atoms with van der Waals surface area (Å²) in [5.41, 5.74) is 2.53. The predicted octanol–water partition coefficient (Wildman–Crippen LogP) is 2.29. The van der Waals surface area contributed by atoms with Crippen LogP contribution >= 0.6 is 0 Å². The van der Waals surface area contributed by atoms with Gasteiger partial charge in [0.2, 0.25) is 0 Å². The third-order valence-corrected chi connectivity index (χ3v) is 4.29. The van der Waals surface area contributed by atoms with E-state index in [0.29, 0.717) is 16.8 Å². The summed E-state index contributed by atoms with van der Waals surface area (Å²) < 4.78 is 23.1. The van der Waals surface area contributed by atoms with E-state index in [1.165, 1.54) is 6.07 Å². The molecule has 0 radical (unpaired) electrons. The number of hydrogen-bond acceptors (Lipinski definition) is 3. The number of nitrogens with one attached hydrogen (secondary N) is 2. The lowest BCUT2D eigenvalue weighted by atomic mass is 10.2. The maximum Gasteiger partial charge on any atom is 0.257 e. The van der Waals surface area contributed by atoms with Crippen molar-refractivity contribution in [2.45, 2.75) is 18.7 Å². The summed E-state index contributed by atoms with van der Waals surface area (Å²) in [6, 6.07) is 6.44. The van der Waals surface area contributed by atoms with Gasteiger partial charge in [-0.05, 0) is 43.7 Å². The minimum absolute atomic E-state index is 0.227. The van der Waals surface area contributed by atoms with Crippen LogP contribution in [0, 0.1) is 13.8 Å². The van der Waals surface area contributed by atoms with Crippen molar-refractivity contribution in [2.24, 2.45) is 0 Å². The fourth-order valence-corrected chi connectivity index (χ4v) is 3.00. The number of aromatic nitrogens is 1. The van der Waals surface area contributed by atoms with Gasteiger partial charge in [0.05, 0.1) is 10.5 Å². The smallest absolute Gasteiger partial charge is 0.257 e. The second-order valence-corrected chi connectivity index (χ2v) is 6.71. The quantitative estimate of drug-likeness (QED) is 0.911.